The fourth-order valence-electron chi connectivity index (χ4n) is 5.33. The summed E-state index contributed by atoms with van der Waals surface area (Å²) in [7, 11) is -2.64. The summed E-state index contributed by atoms with van der Waals surface area (Å²) < 4.78 is 19.0. The maximum atomic E-state index is 6.39. The zero-order chi connectivity index (χ0) is 26.7. The van der Waals surface area contributed by atoms with Crippen LogP contribution in [-0.4, -0.2) is 34.3 Å². The van der Waals surface area contributed by atoms with E-state index in [1.54, 1.807) is 0 Å². The summed E-state index contributed by atoms with van der Waals surface area (Å²) in [4.78, 5) is 0. The Morgan fingerprint density at radius 2 is 1.22 bits per heavy atom. The molecule has 1 rings (SSSR count). The van der Waals surface area contributed by atoms with Crippen LogP contribution in [0.5, 0.6) is 0 Å². The fraction of sp³-hybridized carbons (Fsp3) is 1.00. The standard InChI is InChI=1S/C31H65NO3SSi/c1-3-5-7-9-11-13-15-17-19-21-24-31-25-27-34-37(29-23-28-36,35-32-30-31)33-26-22-20-18-16-14-12-10-8-6-4-2/h31-32,36H,3-30H2,1-2H3. The Morgan fingerprint density at radius 3 is 1.76 bits per heavy atom. The highest BCUT2D eigenvalue weighted by atomic mass is 32.1. The second-order valence-electron chi connectivity index (χ2n) is 11.5. The van der Waals surface area contributed by atoms with E-state index in [-0.39, 0.29) is 0 Å². The number of hydrogen-bond acceptors (Lipinski definition) is 5. The van der Waals surface area contributed by atoms with Crippen LogP contribution in [0.1, 0.15) is 162 Å². The molecule has 6 heteroatoms. The number of rotatable bonds is 26. The van der Waals surface area contributed by atoms with Gasteiger partial charge in [0.1, 0.15) is 0 Å². The minimum Gasteiger partial charge on any atom is -0.373 e. The van der Waals surface area contributed by atoms with E-state index in [4.69, 9.17) is 13.4 Å². The van der Waals surface area contributed by atoms with Crippen molar-refractivity contribution < 1.29 is 13.4 Å². The van der Waals surface area contributed by atoms with E-state index in [1.807, 2.05) is 0 Å². The van der Waals surface area contributed by atoms with Gasteiger partial charge < -0.3 is 8.85 Å². The predicted molar refractivity (Wildman–Crippen MR) is 166 cm³/mol. The van der Waals surface area contributed by atoms with Crippen LogP contribution in [0.3, 0.4) is 0 Å². The highest BCUT2D eigenvalue weighted by Crippen LogP contribution is 2.24. The molecule has 0 aromatic rings. The number of nitrogens with one attached hydrogen (secondary N) is 1. The number of hydrogen-bond donors (Lipinski definition) is 2. The second-order valence-corrected chi connectivity index (χ2v) is 14.6. The molecule has 0 amide bonds. The largest absolute Gasteiger partial charge is 0.517 e. The molecule has 0 saturated carbocycles. The van der Waals surface area contributed by atoms with E-state index < -0.39 is 8.80 Å². The van der Waals surface area contributed by atoms with Gasteiger partial charge in [0.05, 0.1) is 0 Å². The van der Waals surface area contributed by atoms with Crippen LogP contribution < -0.4 is 5.48 Å². The average Bonchev–Trinajstić information content (AvgIpc) is 2.89. The Hall–Kier alpha value is 0.407. The molecule has 0 bridgehead atoms. The van der Waals surface area contributed by atoms with Gasteiger partial charge in [-0.3, -0.25) is 4.53 Å². The summed E-state index contributed by atoms with van der Waals surface area (Å²) in [6, 6.07) is 0.865. The molecular formula is C31H65NO3SSi. The second kappa shape index (κ2) is 26.6. The van der Waals surface area contributed by atoms with Crippen molar-refractivity contribution in [2.24, 2.45) is 5.92 Å². The molecule has 1 heterocycles. The summed E-state index contributed by atoms with van der Waals surface area (Å²) in [5, 5.41) is 0. The molecule has 1 N–H and O–H groups in total. The molecule has 1 aliphatic rings. The Balaban J connectivity index is 2.14. The average molecular weight is 560 g/mol. The lowest BCUT2D eigenvalue weighted by molar-refractivity contribution is -0.00441. The van der Waals surface area contributed by atoms with E-state index in [0.29, 0.717) is 5.92 Å². The topological polar surface area (TPSA) is 39.7 Å². The van der Waals surface area contributed by atoms with Gasteiger partial charge in [-0.1, -0.05) is 136 Å². The molecule has 1 saturated heterocycles. The van der Waals surface area contributed by atoms with Gasteiger partial charge in [0, 0.05) is 25.8 Å². The van der Waals surface area contributed by atoms with Crippen LogP contribution in [0.4, 0.5) is 0 Å². The quantitative estimate of drug-likeness (QED) is 0.0628. The van der Waals surface area contributed by atoms with Gasteiger partial charge in [-0.05, 0) is 37.4 Å². The lowest BCUT2D eigenvalue weighted by Crippen LogP contribution is -2.52. The molecule has 1 fully saturated rings. The summed E-state index contributed by atoms with van der Waals surface area (Å²) in [6.45, 7) is 7.05. The summed E-state index contributed by atoms with van der Waals surface area (Å²) in [5.74, 6) is 1.50. The van der Waals surface area contributed by atoms with E-state index in [2.05, 4.69) is 32.0 Å². The first-order chi connectivity index (χ1) is 18.3. The van der Waals surface area contributed by atoms with Crippen LogP contribution in [0.25, 0.3) is 0 Å². The van der Waals surface area contributed by atoms with Crippen molar-refractivity contribution >= 4 is 21.4 Å². The third-order valence-electron chi connectivity index (χ3n) is 7.87. The molecule has 0 aromatic carbocycles. The van der Waals surface area contributed by atoms with Crippen LogP contribution in [0.2, 0.25) is 6.04 Å². The van der Waals surface area contributed by atoms with Crippen LogP contribution >= 0.6 is 12.6 Å². The summed E-state index contributed by atoms with van der Waals surface area (Å²) in [6.07, 6.45) is 30.8. The monoisotopic (exact) mass is 559 g/mol. The molecule has 0 aromatic heterocycles. The molecule has 2 atom stereocenters. The minimum absolute atomic E-state index is 0.646. The van der Waals surface area contributed by atoms with Gasteiger partial charge in [-0.15, -0.1) is 0 Å². The van der Waals surface area contributed by atoms with Crippen molar-refractivity contribution in [2.45, 2.75) is 168 Å². The summed E-state index contributed by atoms with van der Waals surface area (Å²) in [5.41, 5.74) is 3.30. The van der Waals surface area contributed by atoms with Crippen LogP contribution in [0.15, 0.2) is 0 Å². The van der Waals surface area contributed by atoms with Crippen molar-refractivity contribution in [2.75, 3.05) is 25.5 Å². The van der Waals surface area contributed by atoms with E-state index >= 15 is 0 Å². The Bertz CT molecular complexity index is 462. The van der Waals surface area contributed by atoms with Gasteiger partial charge in [-0.25, -0.2) is 5.48 Å². The van der Waals surface area contributed by atoms with Crippen molar-refractivity contribution in [1.82, 2.24) is 5.48 Å². The maximum absolute atomic E-state index is 6.39. The van der Waals surface area contributed by atoms with Crippen molar-refractivity contribution in [1.29, 1.82) is 0 Å². The van der Waals surface area contributed by atoms with Gasteiger partial charge in [0.25, 0.3) is 0 Å². The van der Waals surface area contributed by atoms with Crippen molar-refractivity contribution in [3.63, 3.8) is 0 Å². The van der Waals surface area contributed by atoms with Crippen molar-refractivity contribution in [3.05, 3.63) is 0 Å². The maximum Gasteiger partial charge on any atom is 0.517 e. The molecule has 0 spiro atoms. The SMILES string of the molecule is CCCCCCCCCCCCO[Si]1(CCCS)OCCC(CCCCCCCCCCCC)CNO1. The molecule has 222 valence electrons. The molecule has 0 aliphatic carbocycles. The van der Waals surface area contributed by atoms with E-state index in [0.717, 1.165) is 50.8 Å². The normalized spacial score (nSPS) is 20.7. The molecule has 37 heavy (non-hydrogen) atoms. The third kappa shape index (κ3) is 20.9. The molecule has 4 nitrogen and oxygen atoms in total. The van der Waals surface area contributed by atoms with Gasteiger partial charge in [0.15, 0.2) is 0 Å². The highest BCUT2D eigenvalue weighted by Gasteiger charge is 2.42. The Morgan fingerprint density at radius 1 is 0.703 bits per heavy atom. The van der Waals surface area contributed by atoms with Gasteiger partial charge in [0.2, 0.25) is 0 Å². The molecular weight excluding hydrogens is 494 g/mol. The first kappa shape index (κ1) is 35.4. The number of thiol groups is 1. The van der Waals surface area contributed by atoms with Crippen molar-refractivity contribution in [3.8, 4) is 0 Å². The number of unbranched alkanes of at least 4 members (excludes halogenated alkanes) is 18. The lowest BCUT2D eigenvalue weighted by atomic mass is 9.97. The lowest BCUT2D eigenvalue weighted by Gasteiger charge is -2.33. The predicted octanol–water partition coefficient (Wildman–Crippen LogP) is 10.1. The highest BCUT2D eigenvalue weighted by molar-refractivity contribution is 7.80. The first-order valence-electron chi connectivity index (χ1n) is 16.6. The van der Waals surface area contributed by atoms with E-state index in [9.17, 15) is 0 Å². The van der Waals surface area contributed by atoms with Gasteiger partial charge >= 0.3 is 8.80 Å². The Labute approximate surface area is 238 Å². The molecule has 2 unspecified atom stereocenters. The smallest absolute Gasteiger partial charge is 0.373 e. The zero-order valence-electron chi connectivity index (χ0n) is 25.0. The van der Waals surface area contributed by atoms with Gasteiger partial charge in [-0.2, -0.15) is 12.6 Å². The summed E-state index contributed by atoms with van der Waals surface area (Å²) >= 11 is 4.43. The fourth-order valence-corrected chi connectivity index (χ4v) is 8.17. The molecule has 1 aliphatic heterocycles. The van der Waals surface area contributed by atoms with Crippen LogP contribution in [0, 0.1) is 5.92 Å². The zero-order valence-corrected chi connectivity index (χ0v) is 26.9. The minimum atomic E-state index is -2.64. The third-order valence-corrected chi connectivity index (χ3v) is 10.9. The molecule has 0 radical (unpaired) electrons. The van der Waals surface area contributed by atoms with E-state index in [1.165, 1.54) is 128 Å². The number of hydroxylamine groups is 1. The van der Waals surface area contributed by atoms with Crippen LogP contribution in [-0.2, 0) is 13.4 Å². The first-order valence-corrected chi connectivity index (χ1v) is 19.1. The Kier molecular flexibility index (Phi) is 25.5.